The minimum absolute atomic E-state index is 0.0655. The maximum atomic E-state index is 11.8. The highest BCUT2D eigenvalue weighted by Gasteiger charge is 2.34. The van der Waals surface area contributed by atoms with Crippen LogP contribution in [-0.2, 0) is 14.6 Å². The third kappa shape index (κ3) is 2.95. The van der Waals surface area contributed by atoms with Crippen LogP contribution >= 0.6 is 0 Å². The molecule has 0 aliphatic carbocycles. The van der Waals surface area contributed by atoms with E-state index in [1.165, 1.54) is 11.8 Å². The van der Waals surface area contributed by atoms with Crippen LogP contribution in [0.25, 0.3) is 0 Å². The molecule has 1 N–H and O–H groups in total. The second-order valence-corrected chi connectivity index (χ2v) is 6.91. The van der Waals surface area contributed by atoms with Crippen molar-refractivity contribution in [2.45, 2.75) is 31.6 Å². The van der Waals surface area contributed by atoms with E-state index in [0.29, 0.717) is 13.1 Å². The lowest BCUT2D eigenvalue weighted by Gasteiger charge is -2.20. The summed E-state index contributed by atoms with van der Waals surface area (Å²) in [5, 5.41) is 8.41. The van der Waals surface area contributed by atoms with Crippen molar-refractivity contribution >= 4 is 15.7 Å². The Kier molecular flexibility index (Phi) is 3.96. The molecule has 1 saturated heterocycles. The predicted molar refractivity (Wildman–Crippen MR) is 60.7 cm³/mol. The summed E-state index contributed by atoms with van der Waals surface area (Å²) in [5.74, 6) is -0.290. The molecular weight excluding hydrogens is 230 g/mol. The van der Waals surface area contributed by atoms with Crippen LogP contribution in [0, 0.1) is 5.92 Å². The van der Waals surface area contributed by atoms with E-state index in [0.717, 1.165) is 12.7 Å². The Morgan fingerprint density at radius 2 is 2.00 bits per heavy atom. The zero-order valence-corrected chi connectivity index (χ0v) is 10.7. The van der Waals surface area contributed by atoms with Gasteiger partial charge in [0.1, 0.15) is 5.25 Å². The molecule has 0 bridgehead atoms. The summed E-state index contributed by atoms with van der Waals surface area (Å²) < 4.78 is 22.5. The Balaban J connectivity index is 2.65. The molecule has 1 heterocycles. The standard InChI is InChI=1S/C10H19NO4S/c1-7(12)9-4-5-11(6-9)10(13)8(2)16(3,14)15/h7-9,12H,4-6H2,1-3H3. The quantitative estimate of drug-likeness (QED) is 0.742. The minimum atomic E-state index is -3.33. The van der Waals surface area contributed by atoms with Gasteiger partial charge in [0.2, 0.25) is 5.91 Å². The van der Waals surface area contributed by atoms with E-state index in [1.807, 2.05) is 0 Å². The van der Waals surface area contributed by atoms with Gasteiger partial charge in [0.05, 0.1) is 6.10 Å². The van der Waals surface area contributed by atoms with Gasteiger partial charge in [-0.15, -0.1) is 0 Å². The van der Waals surface area contributed by atoms with Crippen LogP contribution in [0.3, 0.4) is 0 Å². The number of sulfone groups is 1. The van der Waals surface area contributed by atoms with Crippen molar-refractivity contribution in [1.82, 2.24) is 4.90 Å². The number of hydrogen-bond acceptors (Lipinski definition) is 4. The van der Waals surface area contributed by atoms with Gasteiger partial charge in [0.15, 0.2) is 9.84 Å². The van der Waals surface area contributed by atoms with Gasteiger partial charge in [0, 0.05) is 25.3 Å². The van der Waals surface area contributed by atoms with Crippen LogP contribution in [0.1, 0.15) is 20.3 Å². The van der Waals surface area contributed by atoms with Gasteiger partial charge in [-0.1, -0.05) is 0 Å². The number of carbonyl (C=O) groups excluding carboxylic acids is 1. The third-order valence-electron chi connectivity index (χ3n) is 3.21. The van der Waals surface area contributed by atoms with Gasteiger partial charge < -0.3 is 10.0 Å². The molecule has 0 saturated carbocycles. The average molecular weight is 249 g/mol. The number of carbonyl (C=O) groups is 1. The summed E-state index contributed by atoms with van der Waals surface area (Å²) >= 11 is 0. The molecule has 0 radical (unpaired) electrons. The number of aliphatic hydroxyl groups excluding tert-OH is 1. The highest BCUT2D eigenvalue weighted by Crippen LogP contribution is 2.21. The molecule has 16 heavy (non-hydrogen) atoms. The fraction of sp³-hybridized carbons (Fsp3) is 0.900. The van der Waals surface area contributed by atoms with Crippen molar-refractivity contribution in [2.75, 3.05) is 19.3 Å². The Morgan fingerprint density at radius 1 is 1.44 bits per heavy atom. The Hall–Kier alpha value is -0.620. The molecule has 0 aromatic carbocycles. The maximum absolute atomic E-state index is 11.8. The molecule has 3 unspecified atom stereocenters. The van der Waals surface area contributed by atoms with Crippen LogP contribution in [0.2, 0.25) is 0 Å². The van der Waals surface area contributed by atoms with E-state index < -0.39 is 21.2 Å². The fourth-order valence-electron chi connectivity index (χ4n) is 1.82. The Labute approximate surface area is 96.4 Å². The molecular formula is C10H19NO4S. The second kappa shape index (κ2) is 4.71. The summed E-state index contributed by atoms with van der Waals surface area (Å²) in [6, 6.07) is 0. The number of aliphatic hydroxyl groups is 1. The van der Waals surface area contributed by atoms with Crippen LogP contribution in [0.4, 0.5) is 0 Å². The lowest BCUT2D eigenvalue weighted by molar-refractivity contribution is -0.129. The lowest BCUT2D eigenvalue weighted by atomic mass is 10.0. The Morgan fingerprint density at radius 3 is 2.38 bits per heavy atom. The number of amides is 1. The maximum Gasteiger partial charge on any atom is 0.240 e. The van der Waals surface area contributed by atoms with Crippen molar-refractivity contribution in [1.29, 1.82) is 0 Å². The van der Waals surface area contributed by atoms with E-state index in [9.17, 15) is 18.3 Å². The summed E-state index contributed by atoms with van der Waals surface area (Å²) in [7, 11) is -3.33. The van der Waals surface area contributed by atoms with E-state index in [4.69, 9.17) is 0 Å². The van der Waals surface area contributed by atoms with Crippen LogP contribution in [0.5, 0.6) is 0 Å². The lowest BCUT2D eigenvalue weighted by Crippen LogP contribution is -2.40. The van der Waals surface area contributed by atoms with Crippen molar-refractivity contribution in [2.24, 2.45) is 5.92 Å². The zero-order valence-electron chi connectivity index (χ0n) is 9.88. The first-order chi connectivity index (χ1) is 7.23. The summed E-state index contributed by atoms with van der Waals surface area (Å²) in [5.41, 5.74) is 0. The van der Waals surface area contributed by atoms with Crippen molar-refractivity contribution in [3.8, 4) is 0 Å². The molecule has 0 aromatic rings. The normalized spacial score (nSPS) is 25.5. The van der Waals surface area contributed by atoms with Crippen molar-refractivity contribution in [3.05, 3.63) is 0 Å². The van der Waals surface area contributed by atoms with Crippen LogP contribution in [0.15, 0.2) is 0 Å². The van der Waals surface area contributed by atoms with Gasteiger partial charge >= 0.3 is 0 Å². The smallest absolute Gasteiger partial charge is 0.240 e. The number of likely N-dealkylation sites (tertiary alicyclic amines) is 1. The first-order valence-corrected chi connectivity index (χ1v) is 7.34. The van der Waals surface area contributed by atoms with E-state index in [1.54, 1.807) is 6.92 Å². The molecule has 5 nitrogen and oxygen atoms in total. The van der Waals surface area contributed by atoms with Gasteiger partial charge in [0.25, 0.3) is 0 Å². The van der Waals surface area contributed by atoms with Gasteiger partial charge in [-0.25, -0.2) is 8.42 Å². The monoisotopic (exact) mass is 249 g/mol. The largest absolute Gasteiger partial charge is 0.393 e. The molecule has 1 fully saturated rings. The fourth-order valence-corrected chi connectivity index (χ4v) is 2.34. The molecule has 1 amide bonds. The second-order valence-electron chi connectivity index (χ2n) is 4.55. The van der Waals surface area contributed by atoms with Gasteiger partial charge in [-0.05, 0) is 20.3 Å². The van der Waals surface area contributed by atoms with Crippen molar-refractivity contribution in [3.63, 3.8) is 0 Å². The van der Waals surface area contributed by atoms with Gasteiger partial charge in [-0.3, -0.25) is 4.79 Å². The van der Waals surface area contributed by atoms with E-state index in [-0.39, 0.29) is 11.8 Å². The first-order valence-electron chi connectivity index (χ1n) is 5.39. The SMILES string of the molecule is CC(O)C1CCN(C(=O)C(C)S(C)(=O)=O)C1. The summed E-state index contributed by atoms with van der Waals surface area (Å²) in [6.45, 7) is 4.09. The highest BCUT2D eigenvalue weighted by atomic mass is 32.2. The molecule has 94 valence electrons. The number of rotatable bonds is 3. The highest BCUT2D eigenvalue weighted by molar-refractivity contribution is 7.92. The van der Waals surface area contributed by atoms with Crippen molar-refractivity contribution < 1.29 is 18.3 Å². The minimum Gasteiger partial charge on any atom is -0.393 e. The molecule has 0 spiro atoms. The molecule has 6 heteroatoms. The molecule has 1 aliphatic heterocycles. The molecule has 3 atom stereocenters. The third-order valence-corrected chi connectivity index (χ3v) is 4.69. The Bertz CT molecular complexity index is 363. The summed E-state index contributed by atoms with van der Waals surface area (Å²) in [6.07, 6.45) is 1.35. The topological polar surface area (TPSA) is 74.7 Å². The predicted octanol–water partition coefficient (Wildman–Crippen LogP) is -0.351. The average Bonchev–Trinajstić information content (AvgIpc) is 2.62. The van der Waals surface area contributed by atoms with E-state index >= 15 is 0 Å². The molecule has 1 rings (SSSR count). The van der Waals surface area contributed by atoms with E-state index in [2.05, 4.69) is 0 Å². The number of hydrogen-bond donors (Lipinski definition) is 1. The van der Waals surface area contributed by atoms with Gasteiger partial charge in [-0.2, -0.15) is 0 Å². The van der Waals surface area contributed by atoms with Crippen LogP contribution < -0.4 is 0 Å². The first kappa shape index (κ1) is 13.4. The summed E-state index contributed by atoms with van der Waals surface area (Å²) in [4.78, 5) is 13.4. The molecule has 1 aliphatic rings. The van der Waals surface area contributed by atoms with Crippen LogP contribution in [-0.4, -0.2) is 55.0 Å². The molecule has 0 aromatic heterocycles. The number of nitrogens with zero attached hydrogens (tertiary/aromatic N) is 1. The zero-order chi connectivity index (χ0) is 12.5.